The van der Waals surface area contributed by atoms with Crippen LogP contribution < -0.4 is 5.32 Å². The van der Waals surface area contributed by atoms with E-state index in [0.29, 0.717) is 25.5 Å². The molecule has 0 aromatic heterocycles. The number of aliphatic carboxylic acids is 1. The van der Waals surface area contributed by atoms with Gasteiger partial charge in [0, 0.05) is 18.9 Å². The van der Waals surface area contributed by atoms with Crippen molar-refractivity contribution in [2.75, 3.05) is 31.7 Å². The van der Waals surface area contributed by atoms with E-state index < -0.39 is 11.8 Å². The zero-order valence-corrected chi connectivity index (χ0v) is 15.1. The molecule has 8 heteroatoms. The van der Waals surface area contributed by atoms with E-state index in [1.165, 1.54) is 12.1 Å². The lowest BCUT2D eigenvalue weighted by atomic mass is 10.0. The molecule has 2 unspecified atom stereocenters. The number of carbonyl (C=O) groups is 2. The van der Waals surface area contributed by atoms with Gasteiger partial charge in [-0.15, -0.1) is 0 Å². The summed E-state index contributed by atoms with van der Waals surface area (Å²) in [4.78, 5) is 22.1. The zero-order valence-electron chi connectivity index (χ0n) is 14.4. The van der Waals surface area contributed by atoms with Crippen LogP contribution in [0.25, 0.3) is 0 Å². The first-order valence-electron chi connectivity index (χ1n) is 8.61. The Labute approximate surface area is 156 Å². The van der Waals surface area contributed by atoms with Crippen molar-refractivity contribution < 1.29 is 28.6 Å². The number of ether oxygens (including phenoxy) is 2. The van der Waals surface area contributed by atoms with E-state index in [1.54, 1.807) is 6.07 Å². The molecule has 0 bridgehead atoms. The van der Waals surface area contributed by atoms with Gasteiger partial charge in [0.2, 0.25) is 5.91 Å². The zero-order chi connectivity index (χ0) is 18.9. The third kappa shape index (κ3) is 6.55. The molecule has 2 atom stereocenters. The summed E-state index contributed by atoms with van der Waals surface area (Å²) in [5.41, 5.74) is 0.419. The summed E-state index contributed by atoms with van der Waals surface area (Å²) in [6.07, 6.45) is 3.35. The van der Waals surface area contributed by atoms with Crippen LogP contribution in [0.1, 0.15) is 25.7 Å². The average Bonchev–Trinajstić information content (AvgIpc) is 2.66. The molecule has 3 rings (SSSR count). The minimum absolute atomic E-state index is 0.0454. The Morgan fingerprint density at radius 2 is 1.73 bits per heavy atom. The maximum atomic E-state index is 13.2. The predicted octanol–water partition coefficient (Wildman–Crippen LogP) is 3.34. The molecule has 1 amide bonds. The van der Waals surface area contributed by atoms with Gasteiger partial charge in [0.15, 0.2) is 0 Å². The first kappa shape index (κ1) is 20.6. The maximum Gasteiger partial charge on any atom is 0.308 e. The van der Waals surface area contributed by atoms with E-state index in [9.17, 15) is 14.0 Å². The van der Waals surface area contributed by atoms with Gasteiger partial charge in [-0.1, -0.05) is 11.6 Å². The summed E-state index contributed by atoms with van der Waals surface area (Å²) in [6, 6.07) is 4.21. The molecule has 0 aliphatic carbocycles. The van der Waals surface area contributed by atoms with Crippen molar-refractivity contribution >= 4 is 29.2 Å². The summed E-state index contributed by atoms with van der Waals surface area (Å²) in [7, 11) is 0. The lowest BCUT2D eigenvalue weighted by Gasteiger charge is -2.21. The minimum atomic E-state index is -0.727. The van der Waals surface area contributed by atoms with Gasteiger partial charge in [-0.3, -0.25) is 9.59 Å². The normalized spacial score (nSPS) is 22.7. The average molecular weight is 388 g/mol. The van der Waals surface area contributed by atoms with Crippen LogP contribution in [-0.2, 0) is 19.1 Å². The Morgan fingerprint density at radius 1 is 1.12 bits per heavy atom. The van der Waals surface area contributed by atoms with E-state index in [0.717, 1.165) is 32.3 Å². The summed E-state index contributed by atoms with van der Waals surface area (Å²) >= 11 is 5.56. The van der Waals surface area contributed by atoms with E-state index in [2.05, 4.69) is 5.32 Å². The Balaban J connectivity index is 0.000000228. The second kappa shape index (κ2) is 10.4. The highest BCUT2D eigenvalue weighted by molar-refractivity contribution is 6.30. The van der Waals surface area contributed by atoms with Crippen LogP contribution in [0.2, 0.25) is 5.02 Å². The Kier molecular flexibility index (Phi) is 8.28. The maximum absolute atomic E-state index is 13.2. The summed E-state index contributed by atoms with van der Waals surface area (Å²) in [6.45, 7) is 2.26. The van der Waals surface area contributed by atoms with Crippen molar-refractivity contribution in [2.24, 2.45) is 11.8 Å². The smallest absolute Gasteiger partial charge is 0.308 e. The van der Waals surface area contributed by atoms with Crippen molar-refractivity contribution in [2.45, 2.75) is 25.7 Å². The molecule has 2 fully saturated rings. The number of hydrogen-bond donors (Lipinski definition) is 2. The number of benzene rings is 1. The van der Waals surface area contributed by atoms with Crippen LogP contribution >= 0.6 is 11.6 Å². The van der Waals surface area contributed by atoms with E-state index in [1.807, 2.05) is 0 Å². The fourth-order valence-electron chi connectivity index (χ4n) is 2.70. The van der Waals surface area contributed by atoms with Crippen molar-refractivity contribution in [1.29, 1.82) is 0 Å². The molecular weight excluding hydrogens is 365 g/mol. The predicted molar refractivity (Wildman–Crippen MR) is 94.8 cm³/mol. The lowest BCUT2D eigenvalue weighted by Crippen LogP contribution is -2.30. The number of halogens is 2. The number of rotatable bonds is 3. The molecule has 0 radical (unpaired) electrons. The molecule has 26 heavy (non-hydrogen) atoms. The summed E-state index contributed by atoms with van der Waals surface area (Å²) in [5, 5.41) is 11.2. The van der Waals surface area contributed by atoms with Crippen LogP contribution in [0.5, 0.6) is 0 Å². The fraction of sp³-hybridized carbons (Fsp3) is 0.556. The molecule has 6 nitrogen and oxygen atoms in total. The molecule has 2 aliphatic rings. The van der Waals surface area contributed by atoms with Crippen molar-refractivity contribution in [1.82, 2.24) is 0 Å². The first-order chi connectivity index (χ1) is 12.5. The highest BCUT2D eigenvalue weighted by Crippen LogP contribution is 2.21. The molecule has 1 aromatic rings. The van der Waals surface area contributed by atoms with Gasteiger partial charge < -0.3 is 19.9 Å². The Hall–Kier alpha value is -1.70. The fourth-order valence-corrected chi connectivity index (χ4v) is 2.82. The van der Waals surface area contributed by atoms with Gasteiger partial charge in [0.1, 0.15) is 5.82 Å². The van der Waals surface area contributed by atoms with E-state index >= 15 is 0 Å². The van der Waals surface area contributed by atoms with Gasteiger partial charge in [0.25, 0.3) is 0 Å². The quantitative estimate of drug-likeness (QED) is 0.830. The van der Waals surface area contributed by atoms with Crippen LogP contribution in [0.3, 0.4) is 0 Å². The molecule has 2 saturated heterocycles. The molecule has 1 aromatic carbocycles. The number of hydrogen-bond acceptors (Lipinski definition) is 4. The van der Waals surface area contributed by atoms with Crippen molar-refractivity contribution in [3.8, 4) is 0 Å². The number of amides is 1. The molecule has 2 aliphatic heterocycles. The molecule has 0 spiro atoms. The van der Waals surface area contributed by atoms with E-state index in [-0.39, 0.29) is 22.8 Å². The van der Waals surface area contributed by atoms with Crippen LogP contribution in [0.15, 0.2) is 18.2 Å². The summed E-state index contributed by atoms with van der Waals surface area (Å²) in [5.74, 6) is -1.80. The van der Waals surface area contributed by atoms with Crippen LogP contribution in [-0.4, -0.2) is 43.4 Å². The topological polar surface area (TPSA) is 84.9 Å². The van der Waals surface area contributed by atoms with Crippen molar-refractivity contribution in [3.63, 3.8) is 0 Å². The highest BCUT2D eigenvalue weighted by atomic mass is 35.5. The Morgan fingerprint density at radius 3 is 2.19 bits per heavy atom. The largest absolute Gasteiger partial charge is 0.481 e. The van der Waals surface area contributed by atoms with Gasteiger partial charge in [0.05, 0.1) is 30.1 Å². The van der Waals surface area contributed by atoms with Gasteiger partial charge in [-0.2, -0.15) is 0 Å². The minimum Gasteiger partial charge on any atom is -0.481 e. The number of carboxylic acid groups (broad SMARTS) is 1. The number of carboxylic acids is 1. The molecule has 0 saturated carbocycles. The molecule has 2 heterocycles. The molecule has 144 valence electrons. The van der Waals surface area contributed by atoms with E-state index in [4.69, 9.17) is 26.2 Å². The van der Waals surface area contributed by atoms with Gasteiger partial charge in [-0.05, 0) is 43.9 Å². The number of nitrogens with one attached hydrogen (secondary N) is 1. The first-order valence-corrected chi connectivity index (χ1v) is 8.99. The second-order valence-corrected chi connectivity index (χ2v) is 6.69. The van der Waals surface area contributed by atoms with Gasteiger partial charge in [-0.25, -0.2) is 4.39 Å². The molecular formula is C18H23ClFNO5. The number of anilines is 1. The van der Waals surface area contributed by atoms with Gasteiger partial charge >= 0.3 is 5.97 Å². The SMILES string of the molecule is O=C(Nc1ccc(Cl)c(F)c1)C1CCCOC1.O=C(O)C1CCCOC1. The van der Waals surface area contributed by atoms with Crippen LogP contribution in [0.4, 0.5) is 10.1 Å². The number of carbonyl (C=O) groups excluding carboxylic acids is 1. The standard InChI is InChI=1S/C12H13ClFNO2.C6H10O3/c13-10-4-3-9(6-11(10)14)15-12(16)8-2-1-5-17-7-8;7-6(8)5-2-1-3-9-4-5/h3-4,6,8H,1-2,5,7H2,(H,15,16);5H,1-4H2,(H,7,8). The third-order valence-corrected chi connectivity index (χ3v) is 4.53. The molecule has 2 N–H and O–H groups in total. The second-order valence-electron chi connectivity index (χ2n) is 6.28. The highest BCUT2D eigenvalue weighted by Gasteiger charge is 2.22. The van der Waals surface area contributed by atoms with Crippen LogP contribution in [0, 0.1) is 17.7 Å². The summed E-state index contributed by atoms with van der Waals surface area (Å²) < 4.78 is 23.4. The monoisotopic (exact) mass is 387 g/mol. The lowest BCUT2D eigenvalue weighted by molar-refractivity contribution is -0.146. The third-order valence-electron chi connectivity index (χ3n) is 4.23. The van der Waals surface area contributed by atoms with Crippen molar-refractivity contribution in [3.05, 3.63) is 29.0 Å². The Bertz CT molecular complexity index is 616.